The average molecular weight is 313 g/mol. The van der Waals surface area contributed by atoms with E-state index in [0.717, 1.165) is 18.0 Å². The number of para-hydroxylation sites is 2. The summed E-state index contributed by atoms with van der Waals surface area (Å²) in [5.74, 6) is 1.69. The Labute approximate surface area is 134 Å². The van der Waals surface area contributed by atoms with E-state index < -0.39 is 0 Å². The molecule has 1 aromatic carbocycles. The van der Waals surface area contributed by atoms with E-state index in [1.54, 1.807) is 0 Å². The van der Waals surface area contributed by atoms with Crippen LogP contribution in [0.1, 0.15) is 47.0 Å². The summed E-state index contributed by atoms with van der Waals surface area (Å²) in [6.45, 7) is 9.62. The molecule has 21 heavy (non-hydrogen) atoms. The molecule has 0 aromatic heterocycles. The molecule has 2 atom stereocenters. The molecule has 0 saturated heterocycles. The third-order valence-corrected chi connectivity index (χ3v) is 3.86. The van der Waals surface area contributed by atoms with Crippen molar-refractivity contribution in [1.29, 1.82) is 0 Å². The number of rotatable bonds is 6. The van der Waals surface area contributed by atoms with E-state index in [2.05, 4.69) is 33.0 Å². The van der Waals surface area contributed by atoms with Crippen molar-refractivity contribution in [2.75, 3.05) is 6.54 Å². The lowest BCUT2D eigenvalue weighted by atomic mass is 9.94. The normalized spacial score (nSPS) is 20.5. The van der Waals surface area contributed by atoms with Crippen molar-refractivity contribution in [3.8, 4) is 11.5 Å². The quantitative estimate of drug-likeness (QED) is 0.788. The van der Waals surface area contributed by atoms with Gasteiger partial charge in [-0.25, -0.2) is 0 Å². The van der Waals surface area contributed by atoms with Crippen LogP contribution in [0.2, 0.25) is 0 Å². The Bertz CT molecular complexity index is 437. The fourth-order valence-electron chi connectivity index (χ4n) is 2.77. The van der Waals surface area contributed by atoms with Gasteiger partial charge in [0, 0.05) is 6.04 Å². The minimum Gasteiger partial charge on any atom is -1.00 e. The molecule has 1 aliphatic rings. The second kappa shape index (κ2) is 7.90. The molecule has 1 aromatic rings. The summed E-state index contributed by atoms with van der Waals surface area (Å²) in [5, 5.41) is 3.57. The SMILES string of the molecule is CCCCCNC(C)C1Oc2ccccc2OC1(C)C.[Cl-]. The van der Waals surface area contributed by atoms with Crippen molar-refractivity contribution in [1.82, 2.24) is 5.32 Å². The molecule has 1 aliphatic heterocycles. The topological polar surface area (TPSA) is 30.5 Å². The highest BCUT2D eigenvalue weighted by molar-refractivity contribution is 5.42. The summed E-state index contributed by atoms with van der Waals surface area (Å²) < 4.78 is 12.3. The van der Waals surface area contributed by atoms with E-state index in [4.69, 9.17) is 9.47 Å². The van der Waals surface area contributed by atoms with Gasteiger partial charge in [-0.2, -0.15) is 0 Å². The maximum Gasteiger partial charge on any atom is 0.162 e. The number of nitrogens with one attached hydrogen (secondary N) is 1. The van der Waals surface area contributed by atoms with Crippen LogP contribution >= 0.6 is 0 Å². The van der Waals surface area contributed by atoms with Gasteiger partial charge in [0.1, 0.15) is 5.60 Å². The van der Waals surface area contributed by atoms with Gasteiger partial charge in [0.2, 0.25) is 0 Å². The van der Waals surface area contributed by atoms with E-state index in [1.165, 1.54) is 19.3 Å². The molecule has 0 bridgehead atoms. The fourth-order valence-corrected chi connectivity index (χ4v) is 2.77. The van der Waals surface area contributed by atoms with Crippen molar-refractivity contribution < 1.29 is 21.9 Å². The molecule has 0 fully saturated rings. The van der Waals surface area contributed by atoms with E-state index >= 15 is 0 Å². The predicted molar refractivity (Wildman–Crippen MR) is 82.6 cm³/mol. The second-order valence-corrected chi connectivity index (χ2v) is 6.14. The van der Waals surface area contributed by atoms with Gasteiger partial charge in [-0.3, -0.25) is 0 Å². The Morgan fingerprint density at radius 1 is 1.19 bits per heavy atom. The monoisotopic (exact) mass is 312 g/mol. The van der Waals surface area contributed by atoms with Gasteiger partial charge in [-0.15, -0.1) is 0 Å². The highest BCUT2D eigenvalue weighted by Gasteiger charge is 2.41. The van der Waals surface area contributed by atoms with Crippen LogP contribution in [0.3, 0.4) is 0 Å². The Morgan fingerprint density at radius 3 is 2.52 bits per heavy atom. The van der Waals surface area contributed by atoms with Crippen LogP contribution in [-0.2, 0) is 0 Å². The predicted octanol–water partition coefficient (Wildman–Crippen LogP) is 0.777. The Balaban J connectivity index is 0.00000220. The summed E-state index contributed by atoms with van der Waals surface area (Å²) in [6.07, 6.45) is 3.75. The number of benzene rings is 1. The number of hydrogen-bond donors (Lipinski definition) is 1. The Morgan fingerprint density at radius 2 is 1.86 bits per heavy atom. The molecule has 0 amide bonds. The maximum atomic E-state index is 6.18. The molecule has 3 nitrogen and oxygen atoms in total. The standard InChI is InChI=1S/C17H27NO2.ClH/c1-5-6-9-12-18-13(2)16-17(3,4)20-15-11-8-7-10-14(15)19-16;/h7-8,10-11,13,16,18H,5-6,9,12H2,1-4H3;1H/p-1. The van der Waals surface area contributed by atoms with Gasteiger partial charge in [0.05, 0.1) is 0 Å². The van der Waals surface area contributed by atoms with E-state index in [9.17, 15) is 0 Å². The third kappa shape index (κ3) is 4.52. The molecule has 1 N–H and O–H groups in total. The second-order valence-electron chi connectivity index (χ2n) is 6.14. The van der Waals surface area contributed by atoms with Crippen LogP contribution in [0.4, 0.5) is 0 Å². The van der Waals surface area contributed by atoms with Gasteiger partial charge in [-0.1, -0.05) is 31.9 Å². The minimum atomic E-state index is -0.328. The summed E-state index contributed by atoms with van der Waals surface area (Å²) >= 11 is 0. The number of fused-ring (bicyclic) bond motifs is 1. The summed E-state index contributed by atoms with van der Waals surface area (Å²) in [7, 11) is 0. The number of halogens is 1. The summed E-state index contributed by atoms with van der Waals surface area (Å²) in [6, 6.07) is 8.16. The lowest BCUT2D eigenvalue weighted by molar-refractivity contribution is -0.0564. The largest absolute Gasteiger partial charge is 1.00 e. The molecule has 4 heteroatoms. The molecule has 0 radical (unpaired) electrons. The summed E-state index contributed by atoms with van der Waals surface area (Å²) in [5.41, 5.74) is -0.328. The van der Waals surface area contributed by atoms with Gasteiger partial charge in [0.25, 0.3) is 0 Å². The third-order valence-electron chi connectivity index (χ3n) is 3.86. The summed E-state index contributed by atoms with van der Waals surface area (Å²) in [4.78, 5) is 0. The van der Waals surface area contributed by atoms with Crippen molar-refractivity contribution in [3.63, 3.8) is 0 Å². The zero-order chi connectivity index (χ0) is 14.6. The van der Waals surface area contributed by atoms with E-state index in [-0.39, 0.29) is 30.2 Å². The molecule has 0 aliphatic carbocycles. The highest BCUT2D eigenvalue weighted by Crippen LogP contribution is 2.38. The first-order valence-electron chi connectivity index (χ1n) is 7.72. The first kappa shape index (κ1) is 18.1. The van der Waals surface area contributed by atoms with Crippen molar-refractivity contribution in [2.45, 2.75) is 64.7 Å². The molecule has 1 heterocycles. The van der Waals surface area contributed by atoms with Gasteiger partial charge in [0.15, 0.2) is 17.6 Å². The van der Waals surface area contributed by atoms with Gasteiger partial charge < -0.3 is 27.2 Å². The Hall–Kier alpha value is -0.930. The first-order chi connectivity index (χ1) is 9.54. The first-order valence-corrected chi connectivity index (χ1v) is 7.72. The lowest BCUT2D eigenvalue weighted by Gasteiger charge is -2.42. The number of ether oxygens (including phenoxy) is 2. The van der Waals surface area contributed by atoms with Crippen LogP contribution in [0, 0.1) is 0 Å². The number of hydrogen-bond acceptors (Lipinski definition) is 3. The van der Waals surface area contributed by atoms with Gasteiger partial charge >= 0.3 is 0 Å². The van der Waals surface area contributed by atoms with Crippen molar-refractivity contribution in [3.05, 3.63) is 24.3 Å². The van der Waals surface area contributed by atoms with Crippen molar-refractivity contribution >= 4 is 0 Å². The molecule has 2 unspecified atom stereocenters. The molecule has 0 spiro atoms. The van der Waals surface area contributed by atoms with E-state index in [0.29, 0.717) is 0 Å². The smallest absolute Gasteiger partial charge is 0.162 e. The van der Waals surface area contributed by atoms with Gasteiger partial charge in [-0.05, 0) is 45.9 Å². The number of unbranched alkanes of at least 4 members (excludes halogenated alkanes) is 2. The van der Waals surface area contributed by atoms with Crippen LogP contribution in [0.25, 0.3) is 0 Å². The minimum absolute atomic E-state index is 0. The van der Waals surface area contributed by atoms with Crippen LogP contribution in [0.15, 0.2) is 24.3 Å². The zero-order valence-electron chi connectivity index (χ0n) is 13.5. The fraction of sp³-hybridized carbons (Fsp3) is 0.647. The molecule has 0 saturated carbocycles. The Kier molecular flexibility index (Phi) is 6.82. The van der Waals surface area contributed by atoms with Crippen molar-refractivity contribution in [2.24, 2.45) is 0 Å². The zero-order valence-corrected chi connectivity index (χ0v) is 14.2. The van der Waals surface area contributed by atoms with E-state index in [1.807, 2.05) is 24.3 Å². The maximum absolute atomic E-state index is 6.18. The average Bonchev–Trinajstić information content (AvgIpc) is 2.41. The molecular formula is C17H27ClNO2-. The van der Waals surface area contributed by atoms with Crippen LogP contribution in [-0.4, -0.2) is 24.3 Å². The lowest BCUT2D eigenvalue weighted by Crippen LogP contribution is -3.00. The molecule has 120 valence electrons. The molecular weight excluding hydrogens is 286 g/mol. The highest BCUT2D eigenvalue weighted by atomic mass is 35.5. The molecule has 2 rings (SSSR count). The van der Waals surface area contributed by atoms with Crippen LogP contribution < -0.4 is 27.2 Å². The van der Waals surface area contributed by atoms with Crippen LogP contribution in [0.5, 0.6) is 11.5 Å².